The molecule has 5 aromatic rings. The molecule has 1 aromatic heterocycles. The van der Waals surface area contributed by atoms with Crippen molar-refractivity contribution in [1.29, 1.82) is 0 Å². The van der Waals surface area contributed by atoms with Gasteiger partial charge in [-0.1, -0.05) is 60.7 Å². The zero-order chi connectivity index (χ0) is 35.0. The largest absolute Gasteiger partial charge is 0.493 e. The molecule has 1 fully saturated rings. The maximum absolute atomic E-state index is 14.8. The van der Waals surface area contributed by atoms with Crippen molar-refractivity contribution in [3.05, 3.63) is 114 Å². The molecule has 1 atom stereocenters. The van der Waals surface area contributed by atoms with E-state index in [4.69, 9.17) is 19.2 Å². The van der Waals surface area contributed by atoms with Crippen LogP contribution in [0.25, 0.3) is 11.0 Å². The fraction of sp³-hybridized carbons (Fsp3) is 0.350. The number of methoxy groups -OCH3 is 3. The predicted octanol–water partition coefficient (Wildman–Crippen LogP) is 6.71. The molecule has 9 nitrogen and oxygen atoms in total. The quantitative estimate of drug-likeness (QED) is 0.137. The van der Waals surface area contributed by atoms with Gasteiger partial charge in [-0.15, -0.1) is 0 Å². The van der Waals surface area contributed by atoms with E-state index in [1.807, 2.05) is 43.4 Å². The van der Waals surface area contributed by atoms with E-state index < -0.39 is 0 Å². The fourth-order valence-electron chi connectivity index (χ4n) is 6.92. The van der Waals surface area contributed by atoms with E-state index in [1.54, 1.807) is 44.4 Å². The Morgan fingerprint density at radius 1 is 0.860 bits per heavy atom. The lowest BCUT2D eigenvalue weighted by atomic mass is 9.94. The molecule has 1 saturated heterocycles. The molecule has 262 valence electrons. The number of halogens is 1. The van der Waals surface area contributed by atoms with Gasteiger partial charge in [0.05, 0.1) is 38.9 Å². The molecule has 6 rings (SSSR count). The standard InChI is InChI=1S/C40H46FN5O4/c1-43(39(47)32-25-36(48-2)38(50-4)37(26-32)49-3)27-30(29-13-6-5-7-14-29)19-22-44-20-12-21-45(24-23-44)40-42-34-17-10-11-18-35(34)46(40)28-31-15-8-9-16-33(31)41/h5-11,13-18,25-26,30H,12,19-24,27-28H2,1-4H3. The summed E-state index contributed by atoms with van der Waals surface area (Å²) in [6.07, 6.45) is 1.88. The second-order valence-corrected chi connectivity index (χ2v) is 12.8. The number of hydrogen-bond donors (Lipinski definition) is 0. The van der Waals surface area contributed by atoms with E-state index in [2.05, 4.69) is 44.7 Å². The first kappa shape index (κ1) is 34.8. The molecule has 2 heterocycles. The number of para-hydroxylation sites is 2. The molecule has 1 amide bonds. The summed E-state index contributed by atoms with van der Waals surface area (Å²) in [5.74, 6) is 2.04. The van der Waals surface area contributed by atoms with Crippen molar-refractivity contribution < 1.29 is 23.4 Å². The molecule has 0 N–H and O–H groups in total. The van der Waals surface area contributed by atoms with Crippen LogP contribution < -0.4 is 19.1 Å². The number of carbonyl (C=O) groups is 1. The second-order valence-electron chi connectivity index (χ2n) is 12.8. The number of imidazole rings is 1. The van der Waals surface area contributed by atoms with Gasteiger partial charge in [0, 0.05) is 50.3 Å². The summed E-state index contributed by atoms with van der Waals surface area (Å²) >= 11 is 0. The molecule has 0 radical (unpaired) electrons. The lowest BCUT2D eigenvalue weighted by molar-refractivity contribution is 0.0782. The van der Waals surface area contributed by atoms with Crippen LogP contribution in [0, 0.1) is 5.82 Å². The third kappa shape index (κ3) is 7.70. The monoisotopic (exact) mass is 679 g/mol. The van der Waals surface area contributed by atoms with Crippen LogP contribution in [0.5, 0.6) is 17.2 Å². The Balaban J connectivity index is 1.15. The molecule has 0 spiro atoms. The molecule has 0 bridgehead atoms. The van der Waals surface area contributed by atoms with E-state index in [-0.39, 0.29) is 17.6 Å². The molecule has 1 unspecified atom stereocenters. The van der Waals surface area contributed by atoms with Crippen LogP contribution in [-0.4, -0.2) is 92.9 Å². The van der Waals surface area contributed by atoms with Crippen molar-refractivity contribution in [2.75, 3.05) is 72.5 Å². The molecular formula is C40H46FN5O4. The Morgan fingerprint density at radius 3 is 2.28 bits per heavy atom. The van der Waals surface area contributed by atoms with Gasteiger partial charge in [-0.2, -0.15) is 0 Å². The van der Waals surface area contributed by atoms with Crippen molar-refractivity contribution in [3.8, 4) is 17.2 Å². The minimum absolute atomic E-state index is 0.117. The SMILES string of the molecule is COc1cc(C(=O)N(C)CC(CCN2CCCN(c3nc4ccccc4n3Cc3ccccc3F)CC2)c2ccccc2)cc(OC)c1OC. The predicted molar refractivity (Wildman–Crippen MR) is 195 cm³/mol. The van der Waals surface area contributed by atoms with Gasteiger partial charge < -0.3 is 33.5 Å². The van der Waals surface area contributed by atoms with E-state index in [9.17, 15) is 9.18 Å². The number of hydrogen-bond acceptors (Lipinski definition) is 7. The Morgan fingerprint density at radius 2 is 1.56 bits per heavy atom. The van der Waals surface area contributed by atoms with Gasteiger partial charge in [-0.05, 0) is 61.8 Å². The molecule has 4 aromatic carbocycles. The van der Waals surface area contributed by atoms with Gasteiger partial charge in [0.15, 0.2) is 11.5 Å². The molecule has 50 heavy (non-hydrogen) atoms. The summed E-state index contributed by atoms with van der Waals surface area (Å²) in [5.41, 5.74) is 4.24. The number of ether oxygens (including phenoxy) is 3. The van der Waals surface area contributed by atoms with Gasteiger partial charge in [0.1, 0.15) is 5.82 Å². The molecule has 1 aliphatic heterocycles. The maximum Gasteiger partial charge on any atom is 0.253 e. The Labute approximate surface area is 293 Å². The van der Waals surface area contributed by atoms with Crippen molar-refractivity contribution in [2.24, 2.45) is 0 Å². The van der Waals surface area contributed by atoms with Crippen LogP contribution in [0.4, 0.5) is 10.3 Å². The maximum atomic E-state index is 14.8. The summed E-state index contributed by atoms with van der Waals surface area (Å²) in [6.45, 7) is 5.40. The summed E-state index contributed by atoms with van der Waals surface area (Å²) in [5, 5.41) is 0. The van der Waals surface area contributed by atoms with E-state index in [1.165, 1.54) is 11.6 Å². The summed E-state index contributed by atoms with van der Waals surface area (Å²) in [6, 6.07) is 28.9. The third-order valence-corrected chi connectivity index (χ3v) is 9.61. The van der Waals surface area contributed by atoms with Gasteiger partial charge in [0.2, 0.25) is 11.7 Å². The fourth-order valence-corrected chi connectivity index (χ4v) is 6.92. The molecule has 1 aliphatic rings. The van der Waals surface area contributed by atoms with Gasteiger partial charge >= 0.3 is 0 Å². The minimum atomic E-state index is -0.206. The molecule has 0 saturated carbocycles. The van der Waals surface area contributed by atoms with Gasteiger partial charge in [-0.3, -0.25) is 4.79 Å². The topological polar surface area (TPSA) is 72.3 Å². The smallest absolute Gasteiger partial charge is 0.253 e. The number of likely N-dealkylation sites (N-methyl/N-ethyl adjacent to an activating group) is 1. The number of rotatable bonds is 13. The van der Waals surface area contributed by atoms with E-state index in [0.717, 1.165) is 62.5 Å². The zero-order valence-electron chi connectivity index (χ0n) is 29.3. The van der Waals surface area contributed by atoms with Crippen LogP contribution in [0.1, 0.15) is 40.2 Å². The number of nitrogens with zero attached hydrogens (tertiary/aromatic N) is 5. The minimum Gasteiger partial charge on any atom is -0.493 e. The van der Waals surface area contributed by atoms with Crippen LogP contribution >= 0.6 is 0 Å². The van der Waals surface area contributed by atoms with E-state index >= 15 is 0 Å². The zero-order valence-corrected chi connectivity index (χ0v) is 29.3. The average molecular weight is 680 g/mol. The Kier molecular flexibility index (Phi) is 11.2. The first-order valence-electron chi connectivity index (χ1n) is 17.2. The average Bonchev–Trinajstić information content (AvgIpc) is 3.34. The van der Waals surface area contributed by atoms with Gasteiger partial charge in [-0.25, -0.2) is 9.37 Å². The number of aromatic nitrogens is 2. The summed E-state index contributed by atoms with van der Waals surface area (Å²) < 4.78 is 33.4. The van der Waals surface area contributed by atoms with Crippen molar-refractivity contribution in [3.63, 3.8) is 0 Å². The number of carbonyl (C=O) groups excluding carboxylic acids is 1. The first-order chi connectivity index (χ1) is 24.4. The first-order valence-corrected chi connectivity index (χ1v) is 17.2. The normalized spacial score (nSPS) is 14.3. The molecular weight excluding hydrogens is 633 g/mol. The summed E-state index contributed by atoms with van der Waals surface area (Å²) in [7, 11) is 6.49. The number of benzene rings is 4. The Hall–Kier alpha value is -5.09. The highest BCUT2D eigenvalue weighted by Crippen LogP contribution is 2.38. The number of fused-ring (bicyclic) bond motifs is 1. The Bertz CT molecular complexity index is 1870. The number of anilines is 1. The van der Waals surface area contributed by atoms with Crippen molar-refractivity contribution in [1.82, 2.24) is 19.4 Å². The molecule has 10 heteroatoms. The van der Waals surface area contributed by atoms with Crippen LogP contribution in [-0.2, 0) is 6.54 Å². The third-order valence-electron chi connectivity index (χ3n) is 9.61. The van der Waals surface area contributed by atoms with Crippen LogP contribution in [0.3, 0.4) is 0 Å². The summed E-state index contributed by atoms with van der Waals surface area (Å²) in [4.78, 5) is 25.4. The highest BCUT2D eigenvalue weighted by Gasteiger charge is 2.25. The van der Waals surface area contributed by atoms with E-state index in [0.29, 0.717) is 41.5 Å². The van der Waals surface area contributed by atoms with Crippen molar-refractivity contribution >= 4 is 22.9 Å². The lowest BCUT2D eigenvalue weighted by Gasteiger charge is -2.28. The van der Waals surface area contributed by atoms with Crippen LogP contribution in [0.2, 0.25) is 0 Å². The molecule has 0 aliphatic carbocycles. The van der Waals surface area contributed by atoms with Crippen LogP contribution in [0.15, 0.2) is 91.0 Å². The van der Waals surface area contributed by atoms with Crippen molar-refractivity contribution in [2.45, 2.75) is 25.3 Å². The van der Waals surface area contributed by atoms with Gasteiger partial charge in [0.25, 0.3) is 5.91 Å². The lowest BCUT2D eigenvalue weighted by Crippen LogP contribution is -2.35. The highest BCUT2D eigenvalue weighted by molar-refractivity contribution is 5.95. The highest BCUT2D eigenvalue weighted by atomic mass is 19.1. The number of amides is 1. The second kappa shape index (κ2) is 16.1.